The molecule has 18 heavy (non-hydrogen) atoms. The smallest absolute Gasteiger partial charge is 0.0655 e. The fourth-order valence-corrected chi connectivity index (χ4v) is 4.03. The molecule has 4 unspecified atom stereocenters. The minimum Gasteiger partial charge on any atom is -0.378 e. The molecular weight excluding hydrogens is 222 g/mol. The molecule has 2 fully saturated rings. The van der Waals surface area contributed by atoms with Gasteiger partial charge < -0.3 is 10.1 Å². The standard InChI is InChI=1S/C16H31NO/c1-7-18-14-8-13(16(14,5)6)17-12-10-15(3,4)9-11(12)2/h11-14,17H,7-10H2,1-6H3. The summed E-state index contributed by atoms with van der Waals surface area (Å²) in [5.74, 6) is 0.807. The van der Waals surface area contributed by atoms with Crippen molar-refractivity contribution < 1.29 is 4.74 Å². The molecular formula is C16H31NO. The van der Waals surface area contributed by atoms with E-state index in [0.717, 1.165) is 12.5 Å². The van der Waals surface area contributed by atoms with Crippen LogP contribution < -0.4 is 5.32 Å². The van der Waals surface area contributed by atoms with Crippen LogP contribution in [0.2, 0.25) is 0 Å². The normalized spacial score (nSPS) is 41.7. The molecule has 2 saturated carbocycles. The van der Waals surface area contributed by atoms with E-state index in [0.29, 0.717) is 29.0 Å². The summed E-state index contributed by atoms with van der Waals surface area (Å²) in [5.41, 5.74) is 0.812. The minimum atomic E-state index is 0.294. The average molecular weight is 253 g/mol. The molecule has 0 aliphatic heterocycles. The van der Waals surface area contributed by atoms with Gasteiger partial charge in [0, 0.05) is 24.1 Å². The van der Waals surface area contributed by atoms with Gasteiger partial charge in [0.15, 0.2) is 0 Å². The summed E-state index contributed by atoms with van der Waals surface area (Å²) < 4.78 is 5.82. The number of nitrogens with one attached hydrogen (secondary N) is 1. The van der Waals surface area contributed by atoms with Crippen LogP contribution in [-0.2, 0) is 4.74 Å². The van der Waals surface area contributed by atoms with Crippen molar-refractivity contribution >= 4 is 0 Å². The van der Waals surface area contributed by atoms with Crippen LogP contribution in [-0.4, -0.2) is 24.8 Å². The zero-order chi connectivity index (χ0) is 13.6. The van der Waals surface area contributed by atoms with E-state index in [1.807, 2.05) is 0 Å². The van der Waals surface area contributed by atoms with Gasteiger partial charge in [-0.2, -0.15) is 0 Å². The van der Waals surface area contributed by atoms with Crippen molar-refractivity contribution in [2.75, 3.05) is 6.61 Å². The number of rotatable bonds is 4. The molecule has 4 atom stereocenters. The molecule has 1 N–H and O–H groups in total. The van der Waals surface area contributed by atoms with Gasteiger partial charge in [0.05, 0.1) is 6.10 Å². The van der Waals surface area contributed by atoms with Gasteiger partial charge in [-0.3, -0.25) is 0 Å². The fraction of sp³-hybridized carbons (Fsp3) is 1.00. The molecule has 2 nitrogen and oxygen atoms in total. The first-order valence-electron chi connectivity index (χ1n) is 7.64. The van der Waals surface area contributed by atoms with Gasteiger partial charge in [-0.1, -0.05) is 34.6 Å². The third kappa shape index (κ3) is 2.60. The molecule has 0 heterocycles. The molecule has 2 heteroatoms. The number of hydrogen-bond acceptors (Lipinski definition) is 2. The van der Waals surface area contributed by atoms with E-state index in [1.54, 1.807) is 0 Å². The topological polar surface area (TPSA) is 21.3 Å². The van der Waals surface area contributed by atoms with Gasteiger partial charge in [0.2, 0.25) is 0 Å². The third-order valence-corrected chi connectivity index (χ3v) is 5.29. The SMILES string of the molecule is CCOC1CC(NC2CC(C)(C)CC2C)C1(C)C. The quantitative estimate of drug-likeness (QED) is 0.826. The second-order valence-electron chi connectivity index (χ2n) is 7.88. The van der Waals surface area contributed by atoms with Crippen LogP contribution in [0.3, 0.4) is 0 Å². The predicted octanol–water partition coefficient (Wildman–Crippen LogP) is 3.60. The first-order valence-corrected chi connectivity index (χ1v) is 7.64. The number of hydrogen-bond donors (Lipinski definition) is 1. The highest BCUT2D eigenvalue weighted by molar-refractivity contribution is 5.05. The lowest BCUT2D eigenvalue weighted by atomic mass is 9.64. The van der Waals surface area contributed by atoms with Crippen LogP contribution in [0.4, 0.5) is 0 Å². The van der Waals surface area contributed by atoms with Gasteiger partial charge in [-0.05, 0) is 37.5 Å². The second kappa shape index (κ2) is 4.79. The summed E-state index contributed by atoms with van der Waals surface area (Å²) in [6, 6.07) is 1.34. The van der Waals surface area contributed by atoms with Crippen LogP contribution in [0.5, 0.6) is 0 Å². The zero-order valence-electron chi connectivity index (χ0n) is 13.0. The fourth-order valence-electron chi connectivity index (χ4n) is 4.03. The molecule has 0 amide bonds. The zero-order valence-corrected chi connectivity index (χ0v) is 13.0. The Bertz CT molecular complexity index is 297. The lowest BCUT2D eigenvalue weighted by Gasteiger charge is -2.53. The van der Waals surface area contributed by atoms with E-state index in [4.69, 9.17) is 4.74 Å². The first-order chi connectivity index (χ1) is 8.26. The molecule has 106 valence electrons. The summed E-state index contributed by atoms with van der Waals surface area (Å²) in [4.78, 5) is 0. The Morgan fingerprint density at radius 3 is 2.28 bits per heavy atom. The van der Waals surface area contributed by atoms with Crippen molar-refractivity contribution in [3.63, 3.8) is 0 Å². The molecule has 0 spiro atoms. The molecule has 0 aromatic carbocycles. The van der Waals surface area contributed by atoms with E-state index >= 15 is 0 Å². The van der Waals surface area contributed by atoms with Crippen LogP contribution in [0.25, 0.3) is 0 Å². The van der Waals surface area contributed by atoms with Crippen molar-refractivity contribution in [2.24, 2.45) is 16.7 Å². The summed E-state index contributed by atoms with van der Waals surface area (Å²) in [7, 11) is 0. The molecule has 0 aromatic heterocycles. The number of ether oxygens (including phenoxy) is 1. The van der Waals surface area contributed by atoms with E-state index in [1.165, 1.54) is 19.3 Å². The van der Waals surface area contributed by atoms with Crippen LogP contribution in [0.15, 0.2) is 0 Å². The Kier molecular flexibility index (Phi) is 3.81. The van der Waals surface area contributed by atoms with Gasteiger partial charge in [-0.25, -0.2) is 0 Å². The maximum Gasteiger partial charge on any atom is 0.0655 e. The Morgan fingerprint density at radius 2 is 1.83 bits per heavy atom. The minimum absolute atomic E-state index is 0.294. The summed E-state index contributed by atoms with van der Waals surface area (Å²) in [6.07, 6.45) is 4.31. The molecule has 0 radical (unpaired) electrons. The largest absolute Gasteiger partial charge is 0.378 e. The van der Waals surface area contributed by atoms with Gasteiger partial charge in [-0.15, -0.1) is 0 Å². The van der Waals surface area contributed by atoms with Crippen molar-refractivity contribution in [1.82, 2.24) is 5.32 Å². The molecule has 0 aromatic rings. The van der Waals surface area contributed by atoms with Crippen molar-refractivity contribution in [2.45, 2.75) is 79.0 Å². The molecule has 2 aliphatic rings. The first kappa shape index (κ1) is 14.3. The Hall–Kier alpha value is -0.0800. The van der Waals surface area contributed by atoms with Crippen molar-refractivity contribution in [3.8, 4) is 0 Å². The van der Waals surface area contributed by atoms with Crippen LogP contribution in [0, 0.1) is 16.7 Å². The van der Waals surface area contributed by atoms with Crippen molar-refractivity contribution in [3.05, 3.63) is 0 Å². The summed E-state index contributed by atoms with van der Waals surface area (Å²) >= 11 is 0. The summed E-state index contributed by atoms with van der Waals surface area (Å²) in [6.45, 7) is 14.8. The van der Waals surface area contributed by atoms with Crippen LogP contribution >= 0.6 is 0 Å². The predicted molar refractivity (Wildman–Crippen MR) is 76.7 cm³/mol. The summed E-state index contributed by atoms with van der Waals surface area (Å²) in [5, 5.41) is 3.92. The Balaban J connectivity index is 1.89. The molecule has 2 aliphatic carbocycles. The Morgan fingerprint density at radius 1 is 1.17 bits per heavy atom. The monoisotopic (exact) mass is 253 g/mol. The van der Waals surface area contributed by atoms with E-state index < -0.39 is 0 Å². The Labute approximate surface area is 113 Å². The highest BCUT2D eigenvalue weighted by atomic mass is 16.5. The van der Waals surface area contributed by atoms with Gasteiger partial charge >= 0.3 is 0 Å². The van der Waals surface area contributed by atoms with E-state index in [2.05, 4.69) is 46.9 Å². The lowest BCUT2D eigenvalue weighted by Crippen LogP contribution is -2.63. The van der Waals surface area contributed by atoms with Gasteiger partial charge in [0.1, 0.15) is 0 Å². The molecule has 0 saturated heterocycles. The van der Waals surface area contributed by atoms with Crippen LogP contribution in [0.1, 0.15) is 60.8 Å². The maximum absolute atomic E-state index is 5.82. The van der Waals surface area contributed by atoms with Crippen molar-refractivity contribution in [1.29, 1.82) is 0 Å². The lowest BCUT2D eigenvalue weighted by molar-refractivity contribution is -0.117. The van der Waals surface area contributed by atoms with E-state index in [-0.39, 0.29) is 0 Å². The molecule has 0 bridgehead atoms. The highest BCUT2D eigenvalue weighted by Gasteiger charge is 2.50. The van der Waals surface area contributed by atoms with E-state index in [9.17, 15) is 0 Å². The average Bonchev–Trinajstić information content (AvgIpc) is 2.50. The second-order valence-corrected chi connectivity index (χ2v) is 7.88. The van der Waals surface area contributed by atoms with Gasteiger partial charge in [0.25, 0.3) is 0 Å². The maximum atomic E-state index is 5.82. The third-order valence-electron chi connectivity index (χ3n) is 5.29. The highest BCUT2D eigenvalue weighted by Crippen LogP contribution is 2.46. The molecule has 2 rings (SSSR count).